The topological polar surface area (TPSA) is 38.0 Å². The highest BCUT2D eigenvalue weighted by Gasteiger charge is 2.42. The van der Waals surface area contributed by atoms with E-state index in [9.17, 15) is 0 Å². The Morgan fingerprint density at radius 3 is 2.13 bits per heavy atom. The van der Waals surface area contributed by atoms with Gasteiger partial charge in [0.25, 0.3) is 0 Å². The minimum atomic E-state index is 0.474. The fourth-order valence-corrected chi connectivity index (χ4v) is 2.94. The van der Waals surface area contributed by atoms with Crippen LogP contribution in [0, 0.1) is 10.8 Å². The van der Waals surface area contributed by atoms with Gasteiger partial charge in [0.15, 0.2) is 0 Å². The largest absolute Gasteiger partial charge is 0.330 e. The predicted molar refractivity (Wildman–Crippen MR) is 64.8 cm³/mol. The number of nitrogens with two attached hydrogens (primary N) is 1. The van der Waals surface area contributed by atoms with Crippen molar-refractivity contribution < 1.29 is 0 Å². The molecule has 15 heavy (non-hydrogen) atoms. The zero-order valence-corrected chi connectivity index (χ0v) is 10.1. The maximum Gasteiger partial charge on any atom is 0.00201 e. The first-order chi connectivity index (χ1) is 7.24. The van der Waals surface area contributed by atoms with E-state index in [1.165, 1.54) is 51.5 Å². The van der Waals surface area contributed by atoms with Gasteiger partial charge >= 0.3 is 0 Å². The van der Waals surface area contributed by atoms with Crippen molar-refractivity contribution in [2.75, 3.05) is 19.6 Å². The van der Waals surface area contributed by atoms with Gasteiger partial charge in [0.05, 0.1) is 0 Å². The van der Waals surface area contributed by atoms with Gasteiger partial charge in [-0.15, -0.1) is 0 Å². The average Bonchev–Trinajstić information content (AvgIpc) is 2.91. The van der Waals surface area contributed by atoms with Gasteiger partial charge in [-0.2, -0.15) is 0 Å². The van der Waals surface area contributed by atoms with Crippen molar-refractivity contribution in [3.8, 4) is 0 Å². The minimum Gasteiger partial charge on any atom is -0.330 e. The molecule has 0 bridgehead atoms. The van der Waals surface area contributed by atoms with E-state index >= 15 is 0 Å². The molecule has 2 aliphatic carbocycles. The van der Waals surface area contributed by atoms with Crippen LogP contribution in [0.25, 0.3) is 0 Å². The Balaban J connectivity index is 1.66. The number of rotatable bonds is 7. The van der Waals surface area contributed by atoms with Gasteiger partial charge in [0, 0.05) is 13.1 Å². The highest BCUT2D eigenvalue weighted by molar-refractivity contribution is 4.96. The molecule has 2 heteroatoms. The lowest BCUT2D eigenvalue weighted by molar-refractivity contribution is 0.138. The van der Waals surface area contributed by atoms with Crippen LogP contribution in [-0.4, -0.2) is 19.6 Å². The van der Waals surface area contributed by atoms with Crippen LogP contribution in [0.3, 0.4) is 0 Å². The van der Waals surface area contributed by atoms with Crippen LogP contribution < -0.4 is 11.1 Å². The van der Waals surface area contributed by atoms with Gasteiger partial charge in [-0.1, -0.05) is 19.8 Å². The van der Waals surface area contributed by atoms with Gasteiger partial charge in [-0.25, -0.2) is 0 Å². The predicted octanol–water partition coefficient (Wildman–Crippen LogP) is 2.29. The van der Waals surface area contributed by atoms with Crippen molar-refractivity contribution in [1.82, 2.24) is 5.32 Å². The molecule has 2 aliphatic rings. The van der Waals surface area contributed by atoms with Crippen LogP contribution in [0.1, 0.15) is 51.9 Å². The summed E-state index contributed by atoms with van der Waals surface area (Å²) in [5.74, 6) is 0. The molecule has 0 heterocycles. The van der Waals surface area contributed by atoms with Crippen molar-refractivity contribution >= 4 is 0 Å². The summed E-state index contributed by atoms with van der Waals surface area (Å²) in [5, 5.41) is 3.69. The molecule has 2 nitrogen and oxygen atoms in total. The van der Waals surface area contributed by atoms with E-state index in [0.29, 0.717) is 10.8 Å². The summed E-state index contributed by atoms with van der Waals surface area (Å²) in [6.45, 7) is 5.58. The molecule has 0 aromatic heterocycles. The summed E-state index contributed by atoms with van der Waals surface area (Å²) in [4.78, 5) is 0. The lowest BCUT2D eigenvalue weighted by Gasteiger charge is -2.41. The van der Waals surface area contributed by atoms with E-state index < -0.39 is 0 Å². The fraction of sp³-hybridized carbons (Fsp3) is 1.00. The molecule has 0 aromatic carbocycles. The van der Waals surface area contributed by atoms with Gasteiger partial charge in [-0.05, 0) is 49.5 Å². The third-order valence-corrected chi connectivity index (χ3v) is 4.58. The maximum atomic E-state index is 5.85. The van der Waals surface area contributed by atoms with Crippen LogP contribution in [0.5, 0.6) is 0 Å². The summed E-state index contributed by atoms with van der Waals surface area (Å²) >= 11 is 0. The molecule has 2 saturated carbocycles. The van der Waals surface area contributed by atoms with Crippen LogP contribution in [0.15, 0.2) is 0 Å². The third-order valence-electron chi connectivity index (χ3n) is 4.58. The molecule has 0 saturated heterocycles. The first-order valence-corrected chi connectivity index (χ1v) is 6.65. The monoisotopic (exact) mass is 210 g/mol. The Bertz CT molecular complexity index is 199. The number of nitrogens with one attached hydrogen (secondary N) is 1. The highest BCUT2D eigenvalue weighted by atomic mass is 14.9. The zero-order valence-electron chi connectivity index (χ0n) is 10.1. The zero-order chi connectivity index (χ0) is 10.8. The van der Waals surface area contributed by atoms with Crippen molar-refractivity contribution in [3.63, 3.8) is 0 Å². The van der Waals surface area contributed by atoms with E-state index in [1.54, 1.807) is 0 Å². The SMILES string of the molecule is CCCC1(CNCC2(CN)CCC2)CC1. The molecule has 3 N–H and O–H groups in total. The molecule has 0 spiro atoms. The lowest BCUT2D eigenvalue weighted by Crippen LogP contribution is -2.46. The molecule has 0 radical (unpaired) electrons. The molecular weight excluding hydrogens is 184 g/mol. The van der Waals surface area contributed by atoms with Crippen LogP contribution in [-0.2, 0) is 0 Å². The molecule has 2 rings (SSSR count). The second-order valence-electron chi connectivity index (χ2n) is 5.91. The van der Waals surface area contributed by atoms with E-state index in [2.05, 4.69) is 12.2 Å². The maximum absolute atomic E-state index is 5.85. The van der Waals surface area contributed by atoms with E-state index in [0.717, 1.165) is 13.1 Å². The van der Waals surface area contributed by atoms with Gasteiger partial charge < -0.3 is 11.1 Å². The molecule has 0 aromatic rings. The average molecular weight is 210 g/mol. The first-order valence-electron chi connectivity index (χ1n) is 6.65. The smallest absolute Gasteiger partial charge is 0.00201 e. The minimum absolute atomic E-state index is 0.474. The Morgan fingerprint density at radius 1 is 1.07 bits per heavy atom. The quantitative estimate of drug-likeness (QED) is 0.676. The van der Waals surface area contributed by atoms with E-state index in [4.69, 9.17) is 5.73 Å². The fourth-order valence-electron chi connectivity index (χ4n) is 2.94. The Labute approximate surface area is 94.0 Å². The van der Waals surface area contributed by atoms with E-state index in [-0.39, 0.29) is 0 Å². The van der Waals surface area contributed by atoms with Crippen molar-refractivity contribution in [2.24, 2.45) is 16.6 Å². The lowest BCUT2D eigenvalue weighted by atomic mass is 9.69. The van der Waals surface area contributed by atoms with Crippen molar-refractivity contribution in [2.45, 2.75) is 51.9 Å². The summed E-state index contributed by atoms with van der Waals surface area (Å²) in [5.41, 5.74) is 7.02. The Morgan fingerprint density at radius 2 is 1.73 bits per heavy atom. The van der Waals surface area contributed by atoms with E-state index in [1.807, 2.05) is 0 Å². The summed E-state index contributed by atoms with van der Waals surface area (Å²) < 4.78 is 0. The molecule has 0 amide bonds. The summed E-state index contributed by atoms with van der Waals surface area (Å²) in [7, 11) is 0. The molecule has 2 fully saturated rings. The van der Waals surface area contributed by atoms with Crippen LogP contribution >= 0.6 is 0 Å². The number of hydrogen-bond donors (Lipinski definition) is 2. The number of hydrogen-bond acceptors (Lipinski definition) is 2. The summed E-state index contributed by atoms with van der Waals surface area (Å²) in [6, 6.07) is 0. The standard InChI is InChI=1S/C13H26N2/c1-2-4-12(7-8-12)10-15-11-13(9-14)5-3-6-13/h15H,2-11,14H2,1H3. The van der Waals surface area contributed by atoms with Gasteiger partial charge in [0.1, 0.15) is 0 Å². The van der Waals surface area contributed by atoms with Crippen LogP contribution in [0.4, 0.5) is 0 Å². The normalized spacial score (nSPS) is 26.0. The summed E-state index contributed by atoms with van der Waals surface area (Å²) in [6.07, 6.45) is 9.72. The van der Waals surface area contributed by atoms with Crippen LogP contribution in [0.2, 0.25) is 0 Å². The molecule has 88 valence electrons. The third kappa shape index (κ3) is 2.54. The highest BCUT2D eigenvalue weighted by Crippen LogP contribution is 2.49. The second kappa shape index (κ2) is 4.42. The first kappa shape index (κ1) is 11.4. The molecular formula is C13H26N2. The van der Waals surface area contributed by atoms with Gasteiger partial charge in [0.2, 0.25) is 0 Å². The second-order valence-corrected chi connectivity index (χ2v) is 5.91. The Kier molecular flexibility index (Phi) is 3.36. The van der Waals surface area contributed by atoms with Crippen molar-refractivity contribution in [1.29, 1.82) is 0 Å². The molecule has 0 atom stereocenters. The molecule has 0 aliphatic heterocycles. The van der Waals surface area contributed by atoms with Gasteiger partial charge in [-0.3, -0.25) is 0 Å². The Hall–Kier alpha value is -0.0800. The molecule has 0 unspecified atom stereocenters. The van der Waals surface area contributed by atoms with Crippen molar-refractivity contribution in [3.05, 3.63) is 0 Å².